The summed E-state index contributed by atoms with van der Waals surface area (Å²) in [7, 11) is 3.16. The summed E-state index contributed by atoms with van der Waals surface area (Å²) >= 11 is 0. The van der Waals surface area contributed by atoms with Crippen molar-refractivity contribution in [1.29, 1.82) is 0 Å². The molecule has 0 aliphatic heterocycles. The Labute approximate surface area is 133 Å². The minimum absolute atomic E-state index is 0.00674. The SMILES string of the molecule is C[C@H](NC(=O)N[C@H](C)C(=O)N(C)C)c1ccccc1OC(F)F. The molecular weight excluding hydrogens is 308 g/mol. The molecule has 0 fully saturated rings. The Kier molecular flexibility index (Phi) is 6.74. The van der Waals surface area contributed by atoms with E-state index < -0.39 is 24.7 Å². The van der Waals surface area contributed by atoms with Gasteiger partial charge >= 0.3 is 12.6 Å². The van der Waals surface area contributed by atoms with Crippen LogP contribution in [0.25, 0.3) is 0 Å². The maximum atomic E-state index is 12.4. The van der Waals surface area contributed by atoms with Crippen molar-refractivity contribution < 1.29 is 23.1 Å². The Morgan fingerprint density at radius 3 is 2.30 bits per heavy atom. The minimum Gasteiger partial charge on any atom is -0.434 e. The van der Waals surface area contributed by atoms with E-state index in [1.165, 1.54) is 11.0 Å². The lowest BCUT2D eigenvalue weighted by atomic mass is 10.1. The molecule has 0 aromatic heterocycles. The number of benzene rings is 1. The van der Waals surface area contributed by atoms with Crippen molar-refractivity contribution in [2.75, 3.05) is 14.1 Å². The molecule has 0 bridgehead atoms. The van der Waals surface area contributed by atoms with Gasteiger partial charge in [0.2, 0.25) is 5.91 Å². The highest BCUT2D eigenvalue weighted by Gasteiger charge is 2.20. The van der Waals surface area contributed by atoms with Gasteiger partial charge in [-0.2, -0.15) is 8.78 Å². The number of alkyl halides is 2. The number of hydrogen-bond donors (Lipinski definition) is 2. The second kappa shape index (κ2) is 8.30. The third-order valence-corrected chi connectivity index (χ3v) is 3.11. The summed E-state index contributed by atoms with van der Waals surface area (Å²) in [6.45, 7) is 0.237. The van der Waals surface area contributed by atoms with Gasteiger partial charge in [0.05, 0.1) is 6.04 Å². The van der Waals surface area contributed by atoms with Crippen molar-refractivity contribution in [2.24, 2.45) is 0 Å². The van der Waals surface area contributed by atoms with Crippen LogP contribution in [0, 0.1) is 0 Å². The zero-order valence-corrected chi connectivity index (χ0v) is 13.5. The summed E-state index contributed by atoms with van der Waals surface area (Å²) in [6.07, 6.45) is 0. The molecule has 23 heavy (non-hydrogen) atoms. The fourth-order valence-corrected chi connectivity index (χ4v) is 2.00. The lowest BCUT2D eigenvalue weighted by molar-refractivity contribution is -0.130. The molecule has 0 saturated heterocycles. The molecule has 6 nitrogen and oxygen atoms in total. The number of ether oxygens (including phenoxy) is 1. The van der Waals surface area contributed by atoms with Crippen LogP contribution < -0.4 is 15.4 Å². The van der Waals surface area contributed by atoms with E-state index in [0.29, 0.717) is 5.56 Å². The maximum Gasteiger partial charge on any atom is 0.387 e. The van der Waals surface area contributed by atoms with Gasteiger partial charge < -0.3 is 20.3 Å². The lowest BCUT2D eigenvalue weighted by Crippen LogP contribution is -2.48. The summed E-state index contributed by atoms with van der Waals surface area (Å²) in [6, 6.07) is 4.34. The van der Waals surface area contributed by atoms with Gasteiger partial charge in [-0.25, -0.2) is 4.79 Å². The van der Waals surface area contributed by atoms with Gasteiger partial charge in [0, 0.05) is 19.7 Å². The molecule has 128 valence electrons. The van der Waals surface area contributed by atoms with Gasteiger partial charge in [0.15, 0.2) is 0 Å². The van der Waals surface area contributed by atoms with Crippen molar-refractivity contribution in [3.05, 3.63) is 29.8 Å². The van der Waals surface area contributed by atoms with Gasteiger partial charge in [-0.1, -0.05) is 18.2 Å². The summed E-state index contributed by atoms with van der Waals surface area (Å²) in [5, 5.41) is 5.08. The van der Waals surface area contributed by atoms with E-state index in [-0.39, 0.29) is 11.7 Å². The molecular formula is C15H21F2N3O3. The third kappa shape index (κ3) is 5.72. The van der Waals surface area contributed by atoms with Gasteiger partial charge in [0.25, 0.3) is 0 Å². The number of para-hydroxylation sites is 1. The van der Waals surface area contributed by atoms with E-state index in [0.717, 1.165) is 0 Å². The Morgan fingerprint density at radius 1 is 1.13 bits per heavy atom. The lowest BCUT2D eigenvalue weighted by Gasteiger charge is -2.21. The summed E-state index contributed by atoms with van der Waals surface area (Å²) in [5.41, 5.74) is 0.412. The quantitative estimate of drug-likeness (QED) is 0.840. The monoisotopic (exact) mass is 329 g/mol. The van der Waals surface area contributed by atoms with Crippen molar-refractivity contribution in [3.8, 4) is 5.75 Å². The third-order valence-electron chi connectivity index (χ3n) is 3.11. The highest BCUT2D eigenvalue weighted by molar-refractivity contribution is 5.86. The first-order valence-corrected chi connectivity index (χ1v) is 7.04. The number of rotatable bonds is 6. The van der Waals surface area contributed by atoms with Crippen molar-refractivity contribution in [1.82, 2.24) is 15.5 Å². The van der Waals surface area contributed by atoms with Crippen LogP contribution >= 0.6 is 0 Å². The maximum absolute atomic E-state index is 12.4. The van der Waals surface area contributed by atoms with E-state index in [9.17, 15) is 18.4 Å². The van der Waals surface area contributed by atoms with Crippen molar-refractivity contribution >= 4 is 11.9 Å². The topological polar surface area (TPSA) is 70.7 Å². The van der Waals surface area contributed by atoms with E-state index in [4.69, 9.17) is 0 Å². The van der Waals surface area contributed by atoms with Crippen LogP contribution in [0.3, 0.4) is 0 Å². The van der Waals surface area contributed by atoms with Crippen LogP contribution in [0.15, 0.2) is 24.3 Å². The molecule has 0 aliphatic rings. The predicted octanol–water partition coefficient (Wildman–Crippen LogP) is 2.12. The molecule has 0 spiro atoms. The molecule has 0 unspecified atom stereocenters. The standard InChI is InChI=1S/C15H21F2N3O3/c1-9(11-7-5-6-8-12(11)23-14(16)17)18-15(22)19-10(2)13(21)20(3)4/h5-10,14H,1-4H3,(H2,18,19,22)/t9-,10+/m0/s1. The molecule has 2 atom stereocenters. The van der Waals surface area contributed by atoms with E-state index >= 15 is 0 Å². The van der Waals surface area contributed by atoms with E-state index in [2.05, 4.69) is 15.4 Å². The first-order chi connectivity index (χ1) is 10.7. The number of carbonyl (C=O) groups is 2. The second-order valence-electron chi connectivity index (χ2n) is 5.21. The molecule has 2 N–H and O–H groups in total. The summed E-state index contributed by atoms with van der Waals surface area (Å²) in [5.74, 6) is -0.262. The van der Waals surface area contributed by atoms with Gasteiger partial charge in [-0.05, 0) is 19.9 Å². The van der Waals surface area contributed by atoms with E-state index in [1.54, 1.807) is 46.1 Å². The Balaban J connectivity index is 2.71. The molecule has 0 heterocycles. The van der Waals surface area contributed by atoms with Crippen LogP contribution in [-0.2, 0) is 4.79 Å². The minimum atomic E-state index is -2.95. The molecule has 8 heteroatoms. The molecule has 0 saturated carbocycles. The van der Waals surface area contributed by atoms with Crippen LogP contribution in [-0.4, -0.2) is 43.6 Å². The summed E-state index contributed by atoms with van der Waals surface area (Å²) < 4.78 is 29.2. The Morgan fingerprint density at radius 2 is 1.74 bits per heavy atom. The number of carbonyl (C=O) groups excluding carboxylic acids is 2. The molecule has 1 aromatic carbocycles. The highest BCUT2D eigenvalue weighted by Crippen LogP contribution is 2.26. The van der Waals surface area contributed by atoms with Crippen molar-refractivity contribution in [3.63, 3.8) is 0 Å². The van der Waals surface area contributed by atoms with Gasteiger partial charge in [-0.3, -0.25) is 4.79 Å². The van der Waals surface area contributed by atoms with E-state index in [1.807, 2.05) is 0 Å². The average Bonchev–Trinajstić information content (AvgIpc) is 2.45. The first kappa shape index (κ1) is 18.7. The number of urea groups is 1. The largest absolute Gasteiger partial charge is 0.434 e. The summed E-state index contributed by atoms with van der Waals surface area (Å²) in [4.78, 5) is 25.0. The molecule has 0 aliphatic carbocycles. The zero-order valence-electron chi connectivity index (χ0n) is 13.5. The Bertz CT molecular complexity index is 553. The number of nitrogens with one attached hydrogen (secondary N) is 2. The molecule has 3 amide bonds. The number of halogens is 2. The zero-order chi connectivity index (χ0) is 17.6. The van der Waals surface area contributed by atoms with Gasteiger partial charge in [0.1, 0.15) is 11.8 Å². The highest BCUT2D eigenvalue weighted by atomic mass is 19.3. The van der Waals surface area contributed by atoms with Gasteiger partial charge in [-0.15, -0.1) is 0 Å². The smallest absolute Gasteiger partial charge is 0.387 e. The number of hydrogen-bond acceptors (Lipinski definition) is 3. The molecule has 1 rings (SSSR count). The number of likely N-dealkylation sites (N-methyl/N-ethyl adjacent to an activating group) is 1. The number of amides is 3. The molecule has 1 aromatic rings. The van der Waals surface area contributed by atoms with Crippen molar-refractivity contribution in [2.45, 2.75) is 32.5 Å². The Hall–Kier alpha value is -2.38. The normalized spacial score (nSPS) is 13.2. The molecule has 0 radical (unpaired) electrons. The second-order valence-corrected chi connectivity index (χ2v) is 5.21. The van der Waals surface area contributed by atoms with Crippen LogP contribution in [0.2, 0.25) is 0 Å². The first-order valence-electron chi connectivity index (χ1n) is 7.04. The fraction of sp³-hybridized carbons (Fsp3) is 0.467. The number of nitrogens with zero attached hydrogens (tertiary/aromatic N) is 1. The fourth-order valence-electron chi connectivity index (χ4n) is 2.00. The van der Waals surface area contributed by atoms with Crippen LogP contribution in [0.1, 0.15) is 25.5 Å². The van der Waals surface area contributed by atoms with Crippen LogP contribution in [0.4, 0.5) is 13.6 Å². The predicted molar refractivity (Wildman–Crippen MR) is 81.3 cm³/mol. The average molecular weight is 329 g/mol. The van der Waals surface area contributed by atoms with Crippen LogP contribution in [0.5, 0.6) is 5.75 Å².